The van der Waals surface area contributed by atoms with Crippen molar-refractivity contribution in [2.75, 3.05) is 0 Å². The van der Waals surface area contributed by atoms with Crippen molar-refractivity contribution in [2.24, 2.45) is 0 Å². The molecule has 0 spiro atoms. The molecule has 0 atom stereocenters. The van der Waals surface area contributed by atoms with Gasteiger partial charge in [-0.2, -0.15) is 0 Å². The molecule has 4 heteroatoms. The van der Waals surface area contributed by atoms with Crippen molar-refractivity contribution >= 4 is 5.97 Å². The fourth-order valence-corrected chi connectivity index (χ4v) is 1.28. The minimum Gasteiger partial charge on any atom is -0.476 e. The predicted octanol–water partition coefficient (Wildman–Crippen LogP) is 1.86. The Morgan fingerprint density at radius 1 is 1.57 bits per heavy atom. The summed E-state index contributed by atoms with van der Waals surface area (Å²) < 4.78 is 0. The number of aromatic nitrogens is 2. The summed E-state index contributed by atoms with van der Waals surface area (Å²) >= 11 is 0. The molecule has 0 unspecified atom stereocenters. The first-order chi connectivity index (χ1) is 6.56. The summed E-state index contributed by atoms with van der Waals surface area (Å²) in [4.78, 5) is 18.8. The molecule has 0 aliphatic rings. The van der Waals surface area contributed by atoms with Crippen LogP contribution in [-0.2, 0) is 6.42 Å². The Balaban J connectivity index is 3.18. The average Bonchev–Trinajstić information content (AvgIpc) is 2.16. The molecule has 76 valence electrons. The van der Waals surface area contributed by atoms with E-state index in [1.54, 1.807) is 0 Å². The number of carboxylic acid groups (broad SMARTS) is 1. The second kappa shape index (κ2) is 4.17. The predicted molar refractivity (Wildman–Crippen MR) is 52.5 cm³/mol. The second-order valence-corrected chi connectivity index (χ2v) is 3.40. The molecule has 0 aromatic carbocycles. The molecule has 0 radical (unpaired) electrons. The molecular weight excluding hydrogens is 180 g/mol. The van der Waals surface area contributed by atoms with Crippen LogP contribution in [0.15, 0.2) is 6.20 Å². The number of rotatable bonds is 3. The van der Waals surface area contributed by atoms with Gasteiger partial charge in [0, 0.05) is 0 Å². The molecular formula is C10H14N2O2. The maximum atomic E-state index is 10.6. The Hall–Kier alpha value is -1.45. The van der Waals surface area contributed by atoms with Gasteiger partial charge in [0.15, 0.2) is 5.69 Å². The van der Waals surface area contributed by atoms with Gasteiger partial charge in [-0.15, -0.1) is 0 Å². The van der Waals surface area contributed by atoms with Crippen molar-refractivity contribution < 1.29 is 9.90 Å². The molecule has 1 rings (SSSR count). The molecule has 1 aromatic rings. The molecule has 1 N–H and O–H groups in total. The van der Waals surface area contributed by atoms with Crippen molar-refractivity contribution in [3.8, 4) is 0 Å². The van der Waals surface area contributed by atoms with E-state index in [4.69, 9.17) is 5.11 Å². The van der Waals surface area contributed by atoms with E-state index in [1.165, 1.54) is 6.20 Å². The summed E-state index contributed by atoms with van der Waals surface area (Å²) in [6.07, 6.45) is 2.03. The number of hydrogen-bond acceptors (Lipinski definition) is 3. The lowest BCUT2D eigenvalue weighted by Gasteiger charge is -2.09. The van der Waals surface area contributed by atoms with E-state index in [-0.39, 0.29) is 11.6 Å². The Morgan fingerprint density at radius 3 is 2.64 bits per heavy atom. The van der Waals surface area contributed by atoms with Crippen LogP contribution < -0.4 is 0 Å². The van der Waals surface area contributed by atoms with Gasteiger partial charge < -0.3 is 5.11 Å². The van der Waals surface area contributed by atoms with Gasteiger partial charge in [0.2, 0.25) is 0 Å². The fraction of sp³-hybridized carbons (Fsp3) is 0.500. The third kappa shape index (κ3) is 2.07. The van der Waals surface area contributed by atoms with Crippen molar-refractivity contribution in [1.29, 1.82) is 0 Å². The van der Waals surface area contributed by atoms with Crippen LogP contribution in [0, 0.1) is 0 Å². The highest BCUT2D eigenvalue weighted by atomic mass is 16.4. The first kappa shape index (κ1) is 10.6. The quantitative estimate of drug-likeness (QED) is 0.797. The topological polar surface area (TPSA) is 63.1 Å². The largest absolute Gasteiger partial charge is 0.476 e. The molecule has 4 nitrogen and oxygen atoms in total. The maximum Gasteiger partial charge on any atom is 0.356 e. The summed E-state index contributed by atoms with van der Waals surface area (Å²) in [5.74, 6) is -0.747. The van der Waals surface area contributed by atoms with E-state index in [2.05, 4.69) is 9.97 Å². The van der Waals surface area contributed by atoms with Gasteiger partial charge in [-0.25, -0.2) is 9.78 Å². The van der Waals surface area contributed by atoms with E-state index in [1.807, 2.05) is 20.8 Å². The van der Waals surface area contributed by atoms with Gasteiger partial charge in [0.1, 0.15) is 0 Å². The standard InChI is InChI=1S/C10H14N2O2/c1-4-7-9(6(2)3)11-5-8(12-7)10(13)14/h5-6H,4H2,1-3H3,(H,13,14). The average molecular weight is 194 g/mol. The highest BCUT2D eigenvalue weighted by Gasteiger charge is 2.12. The van der Waals surface area contributed by atoms with E-state index in [9.17, 15) is 4.79 Å². The molecule has 1 heterocycles. The van der Waals surface area contributed by atoms with Gasteiger partial charge >= 0.3 is 5.97 Å². The first-order valence-electron chi connectivity index (χ1n) is 4.65. The van der Waals surface area contributed by atoms with Crippen LogP contribution in [0.3, 0.4) is 0 Å². The van der Waals surface area contributed by atoms with Crippen molar-refractivity contribution in [3.05, 3.63) is 23.3 Å². The van der Waals surface area contributed by atoms with Crippen molar-refractivity contribution in [2.45, 2.75) is 33.1 Å². The van der Waals surface area contributed by atoms with E-state index >= 15 is 0 Å². The van der Waals surface area contributed by atoms with Crippen molar-refractivity contribution in [1.82, 2.24) is 9.97 Å². The van der Waals surface area contributed by atoms with Gasteiger partial charge in [-0.05, 0) is 12.3 Å². The van der Waals surface area contributed by atoms with Gasteiger partial charge in [0.05, 0.1) is 17.6 Å². The highest BCUT2D eigenvalue weighted by Crippen LogP contribution is 2.15. The third-order valence-electron chi connectivity index (χ3n) is 1.98. The van der Waals surface area contributed by atoms with Gasteiger partial charge in [0.25, 0.3) is 0 Å². The minimum atomic E-state index is -1.03. The van der Waals surface area contributed by atoms with E-state index < -0.39 is 5.97 Å². The molecule has 0 aliphatic heterocycles. The zero-order chi connectivity index (χ0) is 10.7. The Labute approximate surface area is 83.0 Å². The van der Waals surface area contributed by atoms with Gasteiger partial charge in [-0.3, -0.25) is 4.98 Å². The number of aryl methyl sites for hydroxylation is 1. The monoisotopic (exact) mass is 194 g/mol. The van der Waals surface area contributed by atoms with Crippen LogP contribution >= 0.6 is 0 Å². The minimum absolute atomic E-state index is 0.0197. The highest BCUT2D eigenvalue weighted by molar-refractivity contribution is 5.84. The first-order valence-corrected chi connectivity index (χ1v) is 4.65. The molecule has 1 aromatic heterocycles. The zero-order valence-corrected chi connectivity index (χ0v) is 8.61. The normalized spacial score (nSPS) is 10.6. The smallest absolute Gasteiger partial charge is 0.356 e. The number of carboxylic acids is 1. The summed E-state index contributed by atoms with van der Waals surface area (Å²) in [5, 5.41) is 8.73. The number of aromatic carboxylic acids is 1. The van der Waals surface area contributed by atoms with E-state index in [0.29, 0.717) is 6.42 Å². The zero-order valence-electron chi connectivity index (χ0n) is 8.61. The third-order valence-corrected chi connectivity index (χ3v) is 1.98. The number of hydrogen-bond donors (Lipinski definition) is 1. The molecule has 0 amide bonds. The van der Waals surface area contributed by atoms with Crippen LogP contribution in [0.5, 0.6) is 0 Å². The summed E-state index contributed by atoms with van der Waals surface area (Å²) in [6, 6.07) is 0. The lowest BCUT2D eigenvalue weighted by Crippen LogP contribution is -2.08. The summed E-state index contributed by atoms with van der Waals surface area (Å²) in [7, 11) is 0. The van der Waals surface area contributed by atoms with Crippen LogP contribution in [0.1, 0.15) is 48.6 Å². The Morgan fingerprint density at radius 2 is 2.21 bits per heavy atom. The second-order valence-electron chi connectivity index (χ2n) is 3.40. The van der Waals surface area contributed by atoms with Crippen LogP contribution in [0.25, 0.3) is 0 Å². The maximum absolute atomic E-state index is 10.6. The molecule has 0 aliphatic carbocycles. The fourth-order valence-electron chi connectivity index (χ4n) is 1.28. The van der Waals surface area contributed by atoms with Gasteiger partial charge in [-0.1, -0.05) is 20.8 Å². The van der Waals surface area contributed by atoms with Crippen LogP contribution in [0.2, 0.25) is 0 Å². The van der Waals surface area contributed by atoms with Crippen LogP contribution in [0.4, 0.5) is 0 Å². The number of carbonyl (C=O) groups is 1. The Bertz CT molecular complexity index is 348. The lowest BCUT2D eigenvalue weighted by molar-refractivity contribution is 0.0689. The number of nitrogens with zero attached hydrogens (tertiary/aromatic N) is 2. The lowest BCUT2D eigenvalue weighted by atomic mass is 10.1. The van der Waals surface area contributed by atoms with Crippen LogP contribution in [-0.4, -0.2) is 21.0 Å². The molecule has 0 saturated carbocycles. The van der Waals surface area contributed by atoms with E-state index in [0.717, 1.165) is 11.4 Å². The summed E-state index contributed by atoms with van der Waals surface area (Å²) in [5.41, 5.74) is 1.68. The molecule has 14 heavy (non-hydrogen) atoms. The molecule has 0 fully saturated rings. The Kier molecular flexibility index (Phi) is 3.17. The molecule has 0 bridgehead atoms. The molecule has 0 saturated heterocycles. The van der Waals surface area contributed by atoms with Crippen molar-refractivity contribution in [3.63, 3.8) is 0 Å². The summed E-state index contributed by atoms with van der Waals surface area (Å²) in [6.45, 7) is 5.98. The SMILES string of the molecule is CCc1nc(C(=O)O)cnc1C(C)C.